The number of hydrogen-bond acceptors (Lipinski definition) is 3. The summed E-state index contributed by atoms with van der Waals surface area (Å²) in [7, 11) is 0. The van der Waals surface area contributed by atoms with Crippen LogP contribution >= 0.6 is 11.3 Å². The number of rotatable bonds is 7. The Hall–Kier alpha value is -1.46. The molecule has 2 aromatic rings. The zero-order chi connectivity index (χ0) is 15.2. The lowest BCUT2D eigenvalue weighted by atomic mass is 10.1. The summed E-state index contributed by atoms with van der Waals surface area (Å²) >= 11 is 1.75. The van der Waals surface area contributed by atoms with Crippen LogP contribution in [0.1, 0.15) is 21.6 Å². The average molecular weight is 311 g/mol. The maximum Gasteiger partial charge on any atom is 0.387 e. The van der Waals surface area contributed by atoms with Gasteiger partial charge in [-0.15, -0.1) is 11.3 Å². The lowest BCUT2D eigenvalue weighted by molar-refractivity contribution is -0.0507. The van der Waals surface area contributed by atoms with Crippen molar-refractivity contribution in [3.05, 3.63) is 51.2 Å². The third-order valence-corrected chi connectivity index (χ3v) is 4.12. The molecule has 0 aliphatic rings. The van der Waals surface area contributed by atoms with E-state index in [9.17, 15) is 8.78 Å². The van der Waals surface area contributed by atoms with Gasteiger partial charge in [0.15, 0.2) is 0 Å². The Morgan fingerprint density at radius 1 is 1.24 bits per heavy atom. The van der Waals surface area contributed by atoms with E-state index in [-0.39, 0.29) is 5.75 Å². The monoisotopic (exact) mass is 311 g/mol. The molecule has 0 aliphatic carbocycles. The van der Waals surface area contributed by atoms with Crippen molar-refractivity contribution in [2.24, 2.45) is 0 Å². The fourth-order valence-corrected chi connectivity index (χ4v) is 3.03. The van der Waals surface area contributed by atoms with Gasteiger partial charge in [-0.1, -0.05) is 18.2 Å². The normalized spacial score (nSPS) is 11.1. The summed E-state index contributed by atoms with van der Waals surface area (Å²) < 4.78 is 29.2. The standard InChI is InChI=1S/C16H19F2NOS/c1-11-8-13(9-12(2)15(11)20-16(17)18)10-19-6-5-14-4-3-7-21-14/h3-4,7-9,16,19H,5-6,10H2,1-2H3. The van der Waals surface area contributed by atoms with E-state index < -0.39 is 6.61 Å². The molecule has 2 nitrogen and oxygen atoms in total. The van der Waals surface area contributed by atoms with Gasteiger partial charge in [-0.25, -0.2) is 0 Å². The van der Waals surface area contributed by atoms with Crippen molar-refractivity contribution in [1.82, 2.24) is 5.32 Å². The highest BCUT2D eigenvalue weighted by molar-refractivity contribution is 7.09. The lowest BCUT2D eigenvalue weighted by Gasteiger charge is -2.13. The third-order valence-electron chi connectivity index (χ3n) is 3.18. The molecule has 0 atom stereocenters. The Balaban J connectivity index is 1.89. The van der Waals surface area contributed by atoms with Gasteiger partial charge in [0.25, 0.3) is 0 Å². The van der Waals surface area contributed by atoms with Crippen LogP contribution in [0.25, 0.3) is 0 Å². The highest BCUT2D eigenvalue weighted by Crippen LogP contribution is 2.26. The van der Waals surface area contributed by atoms with Gasteiger partial charge in [-0.05, 0) is 48.4 Å². The average Bonchev–Trinajstić information content (AvgIpc) is 2.92. The Labute approximate surface area is 127 Å². The molecular formula is C16H19F2NOS. The van der Waals surface area contributed by atoms with Crippen LogP contribution in [-0.2, 0) is 13.0 Å². The van der Waals surface area contributed by atoms with Crippen LogP contribution in [0, 0.1) is 13.8 Å². The maximum absolute atomic E-state index is 12.3. The minimum Gasteiger partial charge on any atom is -0.434 e. The largest absolute Gasteiger partial charge is 0.434 e. The van der Waals surface area contributed by atoms with Crippen LogP contribution in [0.15, 0.2) is 29.6 Å². The number of halogens is 2. The Kier molecular flexibility index (Phi) is 5.70. The molecule has 0 unspecified atom stereocenters. The molecule has 114 valence electrons. The number of ether oxygens (including phenoxy) is 1. The van der Waals surface area contributed by atoms with Crippen LogP contribution in [0.3, 0.4) is 0 Å². The second-order valence-electron chi connectivity index (χ2n) is 4.94. The van der Waals surface area contributed by atoms with Crippen LogP contribution in [0.5, 0.6) is 5.75 Å². The zero-order valence-electron chi connectivity index (χ0n) is 12.2. The molecule has 1 aromatic carbocycles. The van der Waals surface area contributed by atoms with Gasteiger partial charge in [0, 0.05) is 18.0 Å². The Morgan fingerprint density at radius 2 is 1.95 bits per heavy atom. The van der Waals surface area contributed by atoms with Gasteiger partial charge in [0.1, 0.15) is 5.75 Å². The molecule has 0 saturated heterocycles. The number of aryl methyl sites for hydroxylation is 2. The number of benzene rings is 1. The van der Waals surface area contributed by atoms with Crippen molar-refractivity contribution < 1.29 is 13.5 Å². The van der Waals surface area contributed by atoms with E-state index in [2.05, 4.69) is 27.6 Å². The van der Waals surface area contributed by atoms with Crippen LogP contribution in [0.2, 0.25) is 0 Å². The molecule has 0 radical (unpaired) electrons. The Bertz CT molecular complexity index is 547. The number of hydrogen-bond donors (Lipinski definition) is 1. The van der Waals surface area contributed by atoms with Gasteiger partial charge in [0.2, 0.25) is 0 Å². The van der Waals surface area contributed by atoms with Crippen LogP contribution in [-0.4, -0.2) is 13.2 Å². The molecule has 0 saturated carbocycles. The van der Waals surface area contributed by atoms with E-state index in [0.29, 0.717) is 0 Å². The summed E-state index contributed by atoms with van der Waals surface area (Å²) in [6.07, 6.45) is 1.00. The van der Waals surface area contributed by atoms with Gasteiger partial charge in [0.05, 0.1) is 0 Å². The van der Waals surface area contributed by atoms with Crippen molar-refractivity contribution in [2.45, 2.75) is 33.4 Å². The van der Waals surface area contributed by atoms with Crippen molar-refractivity contribution in [3.8, 4) is 5.75 Å². The molecule has 0 amide bonds. The lowest BCUT2D eigenvalue weighted by Crippen LogP contribution is -2.16. The SMILES string of the molecule is Cc1cc(CNCCc2cccs2)cc(C)c1OC(F)F. The molecule has 2 rings (SSSR count). The molecular weight excluding hydrogens is 292 g/mol. The van der Waals surface area contributed by atoms with Crippen molar-refractivity contribution in [3.63, 3.8) is 0 Å². The first-order chi connectivity index (χ1) is 10.1. The molecule has 1 aromatic heterocycles. The number of thiophene rings is 1. The van der Waals surface area contributed by atoms with Crippen LogP contribution in [0.4, 0.5) is 8.78 Å². The topological polar surface area (TPSA) is 21.3 Å². The molecule has 1 N–H and O–H groups in total. The predicted molar refractivity (Wildman–Crippen MR) is 82.3 cm³/mol. The van der Waals surface area contributed by atoms with E-state index in [4.69, 9.17) is 0 Å². The quantitative estimate of drug-likeness (QED) is 0.770. The zero-order valence-corrected chi connectivity index (χ0v) is 13.0. The highest BCUT2D eigenvalue weighted by atomic mass is 32.1. The summed E-state index contributed by atoms with van der Waals surface area (Å²) in [6.45, 7) is 2.42. The summed E-state index contributed by atoms with van der Waals surface area (Å²) in [6, 6.07) is 7.96. The van der Waals surface area contributed by atoms with E-state index >= 15 is 0 Å². The number of nitrogens with one attached hydrogen (secondary N) is 1. The van der Waals surface area contributed by atoms with E-state index in [0.717, 1.165) is 36.2 Å². The molecule has 0 aliphatic heterocycles. The van der Waals surface area contributed by atoms with Gasteiger partial charge >= 0.3 is 6.61 Å². The molecule has 1 heterocycles. The van der Waals surface area contributed by atoms with Gasteiger partial charge < -0.3 is 10.1 Å². The Morgan fingerprint density at radius 3 is 2.52 bits per heavy atom. The first-order valence-corrected chi connectivity index (χ1v) is 7.72. The highest BCUT2D eigenvalue weighted by Gasteiger charge is 2.11. The van der Waals surface area contributed by atoms with Gasteiger partial charge in [-0.3, -0.25) is 0 Å². The third kappa shape index (κ3) is 4.79. The van der Waals surface area contributed by atoms with E-state index in [1.165, 1.54) is 4.88 Å². The minimum atomic E-state index is -2.78. The summed E-state index contributed by atoms with van der Waals surface area (Å²) in [4.78, 5) is 1.36. The fourth-order valence-electron chi connectivity index (χ4n) is 2.32. The van der Waals surface area contributed by atoms with E-state index in [1.54, 1.807) is 25.2 Å². The van der Waals surface area contributed by atoms with E-state index in [1.807, 2.05) is 12.1 Å². The first kappa shape index (κ1) is 15.9. The minimum absolute atomic E-state index is 0.285. The van der Waals surface area contributed by atoms with Crippen LogP contribution < -0.4 is 10.1 Å². The predicted octanol–water partition coefficient (Wildman–Crippen LogP) is 4.30. The van der Waals surface area contributed by atoms with Crippen molar-refractivity contribution in [2.75, 3.05) is 6.54 Å². The summed E-state index contributed by atoms with van der Waals surface area (Å²) in [5.41, 5.74) is 2.56. The summed E-state index contributed by atoms with van der Waals surface area (Å²) in [5.74, 6) is 0.285. The smallest absolute Gasteiger partial charge is 0.387 e. The molecule has 0 spiro atoms. The fraction of sp³-hybridized carbons (Fsp3) is 0.375. The molecule has 5 heteroatoms. The van der Waals surface area contributed by atoms with Crippen molar-refractivity contribution in [1.29, 1.82) is 0 Å². The van der Waals surface area contributed by atoms with Gasteiger partial charge in [-0.2, -0.15) is 8.78 Å². The van der Waals surface area contributed by atoms with Crippen molar-refractivity contribution >= 4 is 11.3 Å². The first-order valence-electron chi connectivity index (χ1n) is 6.84. The second-order valence-corrected chi connectivity index (χ2v) is 5.98. The summed E-state index contributed by atoms with van der Waals surface area (Å²) in [5, 5.41) is 5.45. The second kappa shape index (κ2) is 7.52. The molecule has 0 bridgehead atoms. The maximum atomic E-state index is 12.3. The molecule has 0 fully saturated rings. The molecule has 21 heavy (non-hydrogen) atoms. The number of alkyl halides is 2.